The Balaban J connectivity index is 0.000000184. The second kappa shape index (κ2) is 7.22. The molecule has 0 saturated heterocycles. The number of rotatable bonds is 2. The molecule has 2 heterocycles. The van der Waals surface area contributed by atoms with Crippen LogP contribution >= 0.6 is 0 Å². The van der Waals surface area contributed by atoms with Crippen LogP contribution < -0.4 is 0 Å². The summed E-state index contributed by atoms with van der Waals surface area (Å²) in [5.41, 5.74) is 3.39. The lowest BCUT2D eigenvalue weighted by atomic mass is 10.2. The van der Waals surface area contributed by atoms with Crippen LogP contribution in [0.3, 0.4) is 0 Å². The number of aryl methyl sites for hydroxylation is 2. The van der Waals surface area contributed by atoms with E-state index in [0.29, 0.717) is 6.67 Å². The van der Waals surface area contributed by atoms with Gasteiger partial charge >= 0.3 is 0 Å². The van der Waals surface area contributed by atoms with Crippen LogP contribution in [-0.2, 0) is 0 Å². The second-order valence-corrected chi connectivity index (χ2v) is 3.89. The van der Waals surface area contributed by atoms with Crippen LogP contribution in [0.15, 0.2) is 48.9 Å². The number of allylic oxidation sites excluding steroid dienone is 1. The first-order chi connectivity index (χ1) is 8.67. The van der Waals surface area contributed by atoms with Crippen LogP contribution in [0.4, 0.5) is 0 Å². The van der Waals surface area contributed by atoms with Gasteiger partial charge in [-0.15, -0.1) is 0 Å². The molecule has 1 aliphatic rings. The molecule has 0 fully saturated rings. The molecule has 3 nitrogen and oxygen atoms in total. The van der Waals surface area contributed by atoms with Gasteiger partial charge in [-0.3, -0.25) is 9.98 Å². The monoisotopic (exact) mass is 241 g/mol. The van der Waals surface area contributed by atoms with Crippen LogP contribution in [0.2, 0.25) is 0 Å². The van der Waals surface area contributed by atoms with E-state index in [9.17, 15) is 0 Å². The summed E-state index contributed by atoms with van der Waals surface area (Å²) in [4.78, 5) is 10.1. The zero-order valence-electron chi connectivity index (χ0n) is 11.0. The minimum Gasteiger partial charge on any atom is -0.335 e. The molecule has 0 aromatic carbocycles. The molecule has 3 heteroatoms. The molecule has 0 aliphatic carbocycles. The van der Waals surface area contributed by atoms with E-state index in [1.54, 1.807) is 18.5 Å². The largest absolute Gasteiger partial charge is 0.335 e. The fourth-order valence-electron chi connectivity index (χ4n) is 1.29. The molecule has 0 atom stereocenters. The lowest BCUT2D eigenvalue weighted by Gasteiger charge is -2.12. The van der Waals surface area contributed by atoms with Gasteiger partial charge in [-0.05, 0) is 43.3 Å². The van der Waals surface area contributed by atoms with Crippen molar-refractivity contribution in [1.82, 2.24) is 9.88 Å². The molecular formula is C15H19N3. The van der Waals surface area contributed by atoms with Crippen molar-refractivity contribution in [3.05, 3.63) is 60.7 Å². The molecule has 1 aromatic rings. The third-order valence-corrected chi connectivity index (χ3v) is 2.55. The highest BCUT2D eigenvalue weighted by Gasteiger charge is 1.92. The highest BCUT2D eigenvalue weighted by Crippen LogP contribution is 2.06. The van der Waals surface area contributed by atoms with Crippen molar-refractivity contribution in [2.24, 2.45) is 4.99 Å². The fourth-order valence-corrected chi connectivity index (χ4v) is 1.29. The first-order valence-corrected chi connectivity index (χ1v) is 5.78. The Morgan fingerprint density at radius 1 is 1.33 bits per heavy atom. The second-order valence-electron chi connectivity index (χ2n) is 3.89. The van der Waals surface area contributed by atoms with Crippen molar-refractivity contribution < 1.29 is 0 Å². The molecule has 94 valence electrons. The fraction of sp³-hybridized carbons (Fsp3) is 0.200. The zero-order valence-corrected chi connectivity index (χ0v) is 11.0. The van der Waals surface area contributed by atoms with E-state index in [2.05, 4.69) is 36.1 Å². The summed E-state index contributed by atoms with van der Waals surface area (Å²) < 4.78 is 0. The molecule has 0 amide bonds. The number of hydrogen-bond acceptors (Lipinski definition) is 3. The van der Waals surface area contributed by atoms with Crippen LogP contribution in [-0.4, -0.2) is 22.8 Å². The summed E-state index contributed by atoms with van der Waals surface area (Å²) in [7, 11) is 0. The summed E-state index contributed by atoms with van der Waals surface area (Å²) in [5, 5.41) is 0. The van der Waals surface area contributed by atoms with E-state index in [0.717, 1.165) is 11.3 Å². The highest BCUT2D eigenvalue weighted by molar-refractivity contribution is 5.71. The van der Waals surface area contributed by atoms with Crippen molar-refractivity contribution >= 4 is 12.3 Å². The molecule has 2 rings (SSSR count). The summed E-state index contributed by atoms with van der Waals surface area (Å²) >= 11 is 0. The first kappa shape index (κ1) is 13.9. The van der Waals surface area contributed by atoms with Gasteiger partial charge < -0.3 is 4.90 Å². The third kappa shape index (κ3) is 4.37. The Morgan fingerprint density at radius 3 is 2.56 bits per heavy atom. The summed E-state index contributed by atoms with van der Waals surface area (Å²) in [5.74, 6) is 0. The first-order valence-electron chi connectivity index (χ1n) is 5.78. The predicted molar refractivity (Wildman–Crippen MR) is 78.3 cm³/mol. The molecule has 1 aromatic heterocycles. The lowest BCUT2D eigenvalue weighted by Crippen LogP contribution is -2.11. The van der Waals surface area contributed by atoms with Gasteiger partial charge in [0.05, 0.1) is 0 Å². The van der Waals surface area contributed by atoms with Gasteiger partial charge in [0.25, 0.3) is 0 Å². The van der Waals surface area contributed by atoms with Gasteiger partial charge in [0, 0.05) is 24.3 Å². The molecule has 0 spiro atoms. The van der Waals surface area contributed by atoms with E-state index in [4.69, 9.17) is 0 Å². The molecule has 1 aliphatic heterocycles. The van der Waals surface area contributed by atoms with Crippen molar-refractivity contribution in [2.75, 3.05) is 6.67 Å². The summed E-state index contributed by atoms with van der Waals surface area (Å²) in [6, 6.07) is 2.08. The Hall–Kier alpha value is -2.16. The zero-order chi connectivity index (χ0) is 13.4. The van der Waals surface area contributed by atoms with E-state index >= 15 is 0 Å². The number of nitrogens with zero attached hydrogens (tertiary/aromatic N) is 3. The predicted octanol–water partition coefficient (Wildman–Crippen LogP) is 3.33. The van der Waals surface area contributed by atoms with E-state index in [1.807, 2.05) is 30.3 Å². The minimum absolute atomic E-state index is 0.708. The SMILES string of the molecule is C=CN1C=CC=NC1.C=Cc1cnc(C)c(C)c1. The van der Waals surface area contributed by atoms with Crippen LogP contribution in [0, 0.1) is 13.8 Å². The molecule has 0 bridgehead atoms. The lowest BCUT2D eigenvalue weighted by molar-refractivity contribution is 0.522. The van der Waals surface area contributed by atoms with Gasteiger partial charge in [-0.2, -0.15) is 0 Å². The highest BCUT2D eigenvalue weighted by atomic mass is 15.2. The van der Waals surface area contributed by atoms with E-state index in [1.165, 1.54) is 5.56 Å². The standard InChI is InChI=1S/C9H11N.C6H8N2/c1-4-9-5-7(2)8(3)10-6-9;1-2-8-5-3-4-7-6-8/h4-6H,1H2,2-3H3;2-5H,1,6H2. The van der Waals surface area contributed by atoms with Crippen molar-refractivity contribution in [3.63, 3.8) is 0 Å². The van der Waals surface area contributed by atoms with Crippen molar-refractivity contribution in [3.8, 4) is 0 Å². The summed E-state index contributed by atoms with van der Waals surface area (Å²) in [6.07, 6.45) is 11.0. The molecule has 18 heavy (non-hydrogen) atoms. The average molecular weight is 241 g/mol. The number of pyridine rings is 1. The molecule has 0 unspecified atom stereocenters. The third-order valence-electron chi connectivity index (χ3n) is 2.55. The molecular weight excluding hydrogens is 222 g/mol. The maximum atomic E-state index is 4.18. The molecule has 0 N–H and O–H groups in total. The minimum atomic E-state index is 0.708. The van der Waals surface area contributed by atoms with Gasteiger partial charge in [0.2, 0.25) is 0 Å². The maximum absolute atomic E-state index is 4.18. The number of aromatic nitrogens is 1. The molecule has 0 saturated carbocycles. The Kier molecular flexibility index (Phi) is 5.58. The van der Waals surface area contributed by atoms with Gasteiger partial charge in [0.1, 0.15) is 6.67 Å². The number of hydrogen-bond donors (Lipinski definition) is 0. The van der Waals surface area contributed by atoms with Crippen LogP contribution in [0.5, 0.6) is 0 Å². The Labute approximate surface area is 109 Å². The topological polar surface area (TPSA) is 28.5 Å². The van der Waals surface area contributed by atoms with Gasteiger partial charge in [-0.1, -0.05) is 19.2 Å². The molecule has 0 radical (unpaired) electrons. The average Bonchev–Trinajstić information content (AvgIpc) is 2.43. The Bertz CT molecular complexity index is 473. The van der Waals surface area contributed by atoms with Crippen LogP contribution in [0.1, 0.15) is 16.8 Å². The normalized spacial score (nSPS) is 12.7. The Morgan fingerprint density at radius 2 is 2.11 bits per heavy atom. The van der Waals surface area contributed by atoms with E-state index in [-0.39, 0.29) is 0 Å². The summed E-state index contributed by atoms with van der Waals surface area (Å²) in [6.45, 7) is 12.0. The smallest absolute Gasteiger partial charge is 0.113 e. The van der Waals surface area contributed by atoms with E-state index < -0.39 is 0 Å². The number of aliphatic imine (C=N–C) groups is 1. The maximum Gasteiger partial charge on any atom is 0.113 e. The van der Waals surface area contributed by atoms with Crippen LogP contribution in [0.25, 0.3) is 6.08 Å². The van der Waals surface area contributed by atoms with Crippen molar-refractivity contribution in [1.29, 1.82) is 0 Å². The van der Waals surface area contributed by atoms with Crippen molar-refractivity contribution in [2.45, 2.75) is 13.8 Å². The van der Waals surface area contributed by atoms with Gasteiger partial charge in [-0.25, -0.2) is 0 Å². The quantitative estimate of drug-likeness (QED) is 0.794. The van der Waals surface area contributed by atoms with Gasteiger partial charge in [0.15, 0.2) is 0 Å².